The van der Waals surface area contributed by atoms with Gasteiger partial charge in [-0.15, -0.1) is 0 Å². The number of amides is 1. The molecule has 2 aromatic carbocycles. The van der Waals surface area contributed by atoms with Gasteiger partial charge in [0.15, 0.2) is 11.5 Å². The second-order valence-electron chi connectivity index (χ2n) is 6.26. The molecule has 0 fully saturated rings. The lowest BCUT2D eigenvalue weighted by molar-refractivity contribution is 0.0954. The molecule has 1 heterocycles. The van der Waals surface area contributed by atoms with Gasteiger partial charge in [-0.25, -0.2) is 4.39 Å². The average molecular weight is 395 g/mol. The number of carbonyl (C=O) groups is 1. The predicted molar refractivity (Wildman–Crippen MR) is 110 cm³/mol. The van der Waals surface area contributed by atoms with E-state index >= 15 is 0 Å². The van der Waals surface area contributed by atoms with Crippen molar-refractivity contribution in [3.63, 3.8) is 0 Å². The van der Waals surface area contributed by atoms with Crippen LogP contribution in [0, 0.1) is 5.82 Å². The normalized spacial score (nSPS) is 10.3. The van der Waals surface area contributed by atoms with Crippen LogP contribution >= 0.6 is 0 Å². The van der Waals surface area contributed by atoms with Gasteiger partial charge >= 0.3 is 0 Å². The molecule has 150 valence electrons. The largest absolute Gasteiger partial charge is 0.493 e. The quantitative estimate of drug-likeness (QED) is 0.604. The van der Waals surface area contributed by atoms with Crippen LogP contribution in [0.5, 0.6) is 11.5 Å². The third-order valence-corrected chi connectivity index (χ3v) is 4.30. The number of carbonyl (C=O) groups excluding carboxylic acids is 1. The molecule has 2 N–H and O–H groups in total. The second kappa shape index (κ2) is 9.54. The summed E-state index contributed by atoms with van der Waals surface area (Å²) >= 11 is 0. The number of pyridine rings is 1. The summed E-state index contributed by atoms with van der Waals surface area (Å²) in [5.74, 6) is 0.672. The van der Waals surface area contributed by atoms with E-state index in [4.69, 9.17) is 9.47 Å². The van der Waals surface area contributed by atoms with Crippen LogP contribution in [0.3, 0.4) is 0 Å². The zero-order valence-electron chi connectivity index (χ0n) is 16.2. The zero-order chi connectivity index (χ0) is 20.6. The van der Waals surface area contributed by atoms with E-state index in [9.17, 15) is 9.18 Å². The van der Waals surface area contributed by atoms with Crippen LogP contribution in [0.15, 0.2) is 60.9 Å². The summed E-state index contributed by atoms with van der Waals surface area (Å²) < 4.78 is 24.3. The van der Waals surface area contributed by atoms with Crippen molar-refractivity contribution in [2.45, 2.75) is 6.42 Å². The first kappa shape index (κ1) is 20.1. The number of nitrogens with one attached hydrogen (secondary N) is 2. The Hall–Kier alpha value is -3.61. The molecule has 0 aliphatic heterocycles. The van der Waals surface area contributed by atoms with E-state index in [-0.39, 0.29) is 11.7 Å². The maximum atomic E-state index is 13.8. The molecular weight excluding hydrogens is 373 g/mol. The number of para-hydroxylation sites is 1. The third kappa shape index (κ3) is 5.22. The Morgan fingerprint density at radius 3 is 2.59 bits per heavy atom. The zero-order valence-corrected chi connectivity index (χ0v) is 16.2. The van der Waals surface area contributed by atoms with E-state index in [0.29, 0.717) is 41.4 Å². The molecule has 0 spiro atoms. The van der Waals surface area contributed by atoms with Gasteiger partial charge < -0.3 is 20.1 Å². The van der Waals surface area contributed by atoms with Crippen molar-refractivity contribution in [1.82, 2.24) is 10.3 Å². The smallest absolute Gasteiger partial charge is 0.252 e. The molecule has 0 unspecified atom stereocenters. The lowest BCUT2D eigenvalue weighted by atomic mass is 10.1. The fourth-order valence-corrected chi connectivity index (χ4v) is 2.81. The minimum atomic E-state index is -0.378. The Morgan fingerprint density at radius 2 is 1.83 bits per heavy atom. The SMILES string of the molecule is COc1ccc(CCNC(=O)c2cncc(Nc3ccccc3F)c2)cc1OC. The summed E-state index contributed by atoms with van der Waals surface area (Å²) in [6, 6.07) is 13.6. The van der Waals surface area contributed by atoms with Gasteiger partial charge in [0.2, 0.25) is 0 Å². The van der Waals surface area contributed by atoms with Crippen LogP contribution < -0.4 is 20.1 Å². The number of benzene rings is 2. The van der Waals surface area contributed by atoms with Crippen LogP contribution in [-0.2, 0) is 6.42 Å². The number of halogens is 1. The summed E-state index contributed by atoms with van der Waals surface area (Å²) in [7, 11) is 3.17. The highest BCUT2D eigenvalue weighted by atomic mass is 19.1. The molecule has 1 amide bonds. The van der Waals surface area contributed by atoms with E-state index in [1.807, 2.05) is 18.2 Å². The molecule has 0 saturated heterocycles. The Kier molecular flexibility index (Phi) is 6.63. The Labute approximate surface area is 168 Å². The first-order valence-corrected chi connectivity index (χ1v) is 9.06. The summed E-state index contributed by atoms with van der Waals surface area (Å²) in [5.41, 5.74) is 2.25. The van der Waals surface area contributed by atoms with Crippen molar-refractivity contribution < 1.29 is 18.7 Å². The summed E-state index contributed by atoms with van der Waals surface area (Å²) in [4.78, 5) is 16.5. The minimum Gasteiger partial charge on any atom is -0.493 e. The fraction of sp³-hybridized carbons (Fsp3) is 0.182. The Morgan fingerprint density at radius 1 is 1.03 bits per heavy atom. The molecule has 0 atom stereocenters. The Bertz CT molecular complexity index is 995. The highest BCUT2D eigenvalue weighted by Crippen LogP contribution is 2.27. The molecule has 1 aromatic heterocycles. The maximum Gasteiger partial charge on any atom is 0.252 e. The molecule has 3 rings (SSSR count). The average Bonchev–Trinajstić information content (AvgIpc) is 2.75. The second-order valence-corrected chi connectivity index (χ2v) is 6.26. The number of rotatable bonds is 8. The molecule has 0 aliphatic carbocycles. The summed E-state index contributed by atoms with van der Waals surface area (Å²) in [6.45, 7) is 0.444. The van der Waals surface area contributed by atoms with E-state index in [0.717, 1.165) is 5.56 Å². The monoisotopic (exact) mass is 395 g/mol. The van der Waals surface area contributed by atoms with Crippen molar-refractivity contribution in [3.05, 3.63) is 77.9 Å². The number of nitrogens with zero attached hydrogens (tertiary/aromatic N) is 1. The highest BCUT2D eigenvalue weighted by molar-refractivity contribution is 5.94. The van der Waals surface area contributed by atoms with Crippen molar-refractivity contribution in [1.29, 1.82) is 0 Å². The van der Waals surface area contributed by atoms with Gasteiger partial charge in [0, 0.05) is 12.7 Å². The number of aromatic nitrogens is 1. The molecule has 0 aliphatic rings. The van der Waals surface area contributed by atoms with Gasteiger partial charge in [0.05, 0.1) is 37.4 Å². The van der Waals surface area contributed by atoms with Gasteiger partial charge in [-0.1, -0.05) is 18.2 Å². The number of hydrogen-bond donors (Lipinski definition) is 2. The van der Waals surface area contributed by atoms with Crippen molar-refractivity contribution in [2.24, 2.45) is 0 Å². The van der Waals surface area contributed by atoms with Gasteiger partial charge in [-0.05, 0) is 42.3 Å². The van der Waals surface area contributed by atoms with Crippen LogP contribution in [0.1, 0.15) is 15.9 Å². The highest BCUT2D eigenvalue weighted by Gasteiger charge is 2.09. The van der Waals surface area contributed by atoms with Crippen LogP contribution in [-0.4, -0.2) is 31.7 Å². The molecule has 6 nitrogen and oxygen atoms in total. The molecular formula is C22H22FN3O3. The van der Waals surface area contributed by atoms with E-state index in [1.165, 1.54) is 18.5 Å². The van der Waals surface area contributed by atoms with Gasteiger partial charge in [0.1, 0.15) is 5.82 Å². The molecule has 0 bridgehead atoms. The lowest BCUT2D eigenvalue weighted by Crippen LogP contribution is -2.25. The van der Waals surface area contributed by atoms with E-state index in [2.05, 4.69) is 15.6 Å². The molecule has 3 aromatic rings. The third-order valence-electron chi connectivity index (χ3n) is 4.30. The topological polar surface area (TPSA) is 72.5 Å². The number of ether oxygens (including phenoxy) is 2. The van der Waals surface area contributed by atoms with Crippen molar-refractivity contribution in [3.8, 4) is 11.5 Å². The van der Waals surface area contributed by atoms with Crippen LogP contribution in [0.2, 0.25) is 0 Å². The van der Waals surface area contributed by atoms with Crippen LogP contribution in [0.4, 0.5) is 15.8 Å². The first-order chi connectivity index (χ1) is 14.1. The summed E-state index contributed by atoms with van der Waals surface area (Å²) in [5, 5.41) is 5.79. The van der Waals surface area contributed by atoms with Gasteiger partial charge in [-0.3, -0.25) is 9.78 Å². The first-order valence-electron chi connectivity index (χ1n) is 9.06. The number of hydrogen-bond acceptors (Lipinski definition) is 5. The van der Waals surface area contributed by atoms with Crippen molar-refractivity contribution in [2.75, 3.05) is 26.1 Å². The standard InChI is InChI=1S/C22H22FN3O3/c1-28-20-8-7-15(11-21(20)29-2)9-10-25-22(27)16-12-17(14-24-13-16)26-19-6-4-3-5-18(19)23/h3-8,11-14,26H,9-10H2,1-2H3,(H,25,27). The number of methoxy groups -OCH3 is 2. The van der Waals surface area contributed by atoms with E-state index in [1.54, 1.807) is 38.5 Å². The van der Waals surface area contributed by atoms with Crippen LogP contribution in [0.25, 0.3) is 0 Å². The summed E-state index contributed by atoms with van der Waals surface area (Å²) in [6.07, 6.45) is 3.64. The van der Waals surface area contributed by atoms with E-state index < -0.39 is 0 Å². The predicted octanol–water partition coefficient (Wildman–Crippen LogP) is 3.95. The molecule has 7 heteroatoms. The van der Waals surface area contributed by atoms with Crippen molar-refractivity contribution >= 4 is 17.3 Å². The van der Waals surface area contributed by atoms with Gasteiger partial charge in [0.25, 0.3) is 5.91 Å². The number of anilines is 2. The Balaban J connectivity index is 1.59. The van der Waals surface area contributed by atoms with Gasteiger partial charge in [-0.2, -0.15) is 0 Å². The fourth-order valence-electron chi connectivity index (χ4n) is 2.81. The lowest BCUT2D eigenvalue weighted by Gasteiger charge is -2.11. The molecule has 29 heavy (non-hydrogen) atoms. The minimum absolute atomic E-state index is 0.254. The molecule has 0 saturated carbocycles. The maximum absolute atomic E-state index is 13.8. The molecule has 0 radical (unpaired) electrons.